The maximum absolute atomic E-state index is 12.4. The quantitative estimate of drug-likeness (QED) is 0.731. The summed E-state index contributed by atoms with van der Waals surface area (Å²) in [6, 6.07) is 12.8. The maximum Gasteiger partial charge on any atom is 0.241 e. The van der Waals surface area contributed by atoms with Crippen molar-refractivity contribution < 1.29 is 17.9 Å². The topological polar surface area (TPSA) is 64.6 Å². The molecule has 0 aromatic heterocycles. The van der Waals surface area contributed by atoms with Crippen LogP contribution in [0.25, 0.3) is 0 Å². The Bertz CT molecular complexity index is 1070. The Balaban J connectivity index is 1.53. The van der Waals surface area contributed by atoms with E-state index < -0.39 is 10.0 Å². The Morgan fingerprint density at radius 2 is 1.80 bits per heavy atom. The zero-order valence-corrected chi connectivity index (χ0v) is 19.0. The van der Waals surface area contributed by atoms with E-state index in [1.165, 1.54) is 0 Å². The smallest absolute Gasteiger partial charge is 0.241 e. The first-order chi connectivity index (χ1) is 14.0. The summed E-state index contributed by atoms with van der Waals surface area (Å²) < 4.78 is 39.0. The van der Waals surface area contributed by atoms with Crippen LogP contribution in [0.1, 0.15) is 45.7 Å². The van der Waals surface area contributed by atoms with Gasteiger partial charge in [-0.2, -0.15) is 4.72 Å². The summed E-state index contributed by atoms with van der Waals surface area (Å²) in [5, 5.41) is 0. The molecule has 2 aromatic rings. The number of ether oxygens (including phenoxy) is 2. The Morgan fingerprint density at radius 1 is 1.10 bits per heavy atom. The molecular formula is C24H29NO4S. The van der Waals surface area contributed by atoms with Gasteiger partial charge in [0.2, 0.25) is 10.0 Å². The number of fused-ring (bicyclic) bond motifs is 1. The van der Waals surface area contributed by atoms with Crippen LogP contribution < -0.4 is 14.2 Å². The fourth-order valence-corrected chi connectivity index (χ4v) is 4.20. The van der Waals surface area contributed by atoms with E-state index in [4.69, 9.17) is 9.47 Å². The van der Waals surface area contributed by atoms with Gasteiger partial charge in [0.25, 0.3) is 0 Å². The average molecular weight is 428 g/mol. The number of rotatable bonds is 5. The van der Waals surface area contributed by atoms with Gasteiger partial charge < -0.3 is 9.47 Å². The molecule has 3 rings (SSSR count). The zero-order chi connectivity index (χ0) is 22.0. The molecule has 0 atom stereocenters. The average Bonchev–Trinajstić information content (AvgIpc) is 2.98. The summed E-state index contributed by atoms with van der Waals surface area (Å²) in [5.41, 5.74) is 1.94. The van der Waals surface area contributed by atoms with Gasteiger partial charge in [-0.3, -0.25) is 0 Å². The third kappa shape index (κ3) is 5.35. The molecule has 1 aliphatic rings. The minimum Gasteiger partial charge on any atom is -0.483 e. The predicted octanol–water partition coefficient (Wildman–Crippen LogP) is 4.06. The van der Waals surface area contributed by atoms with Crippen molar-refractivity contribution in [1.29, 1.82) is 0 Å². The number of para-hydroxylation sites is 1. The van der Waals surface area contributed by atoms with Gasteiger partial charge in [0.15, 0.2) is 11.5 Å². The Morgan fingerprint density at radius 3 is 2.47 bits per heavy atom. The lowest BCUT2D eigenvalue weighted by Gasteiger charge is -2.19. The van der Waals surface area contributed by atoms with E-state index in [9.17, 15) is 8.42 Å². The first-order valence-corrected chi connectivity index (χ1v) is 11.5. The van der Waals surface area contributed by atoms with E-state index in [0.29, 0.717) is 5.75 Å². The largest absolute Gasteiger partial charge is 0.483 e. The lowest BCUT2D eigenvalue weighted by atomic mass is 9.87. The third-order valence-corrected chi connectivity index (χ3v) is 6.28. The molecule has 1 heterocycles. The monoisotopic (exact) mass is 427 g/mol. The molecule has 2 aromatic carbocycles. The van der Waals surface area contributed by atoms with Crippen molar-refractivity contribution in [2.45, 2.75) is 57.0 Å². The van der Waals surface area contributed by atoms with Crippen LogP contribution in [0.2, 0.25) is 0 Å². The van der Waals surface area contributed by atoms with Crippen LogP contribution in [0, 0.1) is 11.8 Å². The van der Waals surface area contributed by atoms with Gasteiger partial charge >= 0.3 is 0 Å². The molecule has 1 aliphatic heterocycles. The normalized spacial score (nSPS) is 15.0. The molecule has 0 bridgehead atoms. The number of hydrogen-bond acceptors (Lipinski definition) is 4. The van der Waals surface area contributed by atoms with E-state index in [1.54, 1.807) is 12.1 Å². The van der Waals surface area contributed by atoms with Crippen molar-refractivity contribution in [3.05, 3.63) is 53.6 Å². The first-order valence-electron chi connectivity index (χ1n) is 9.98. The first kappa shape index (κ1) is 22.2. The van der Waals surface area contributed by atoms with Crippen LogP contribution in [-0.4, -0.2) is 27.2 Å². The number of benzene rings is 2. The van der Waals surface area contributed by atoms with Crippen LogP contribution in [-0.2, 0) is 21.9 Å². The van der Waals surface area contributed by atoms with E-state index in [1.807, 2.05) is 44.2 Å². The molecule has 1 N–H and O–H groups in total. The highest BCUT2D eigenvalue weighted by molar-refractivity contribution is 7.89. The molecule has 0 amide bonds. The van der Waals surface area contributed by atoms with Crippen molar-refractivity contribution in [3.63, 3.8) is 0 Å². The molecule has 6 heteroatoms. The lowest BCUT2D eigenvalue weighted by molar-refractivity contribution is 0.133. The Labute approximate surface area is 179 Å². The highest BCUT2D eigenvalue weighted by Crippen LogP contribution is 2.41. The molecular weight excluding hydrogens is 398 g/mol. The number of nitrogens with one attached hydrogen (secondary N) is 1. The van der Waals surface area contributed by atoms with Crippen LogP contribution in [0.4, 0.5) is 0 Å². The highest BCUT2D eigenvalue weighted by Gasteiger charge is 2.32. The van der Waals surface area contributed by atoms with Crippen molar-refractivity contribution >= 4 is 10.0 Å². The summed E-state index contributed by atoms with van der Waals surface area (Å²) in [6.45, 7) is 10.5. The molecule has 0 unspecified atom stereocenters. The van der Waals surface area contributed by atoms with Gasteiger partial charge in [0, 0.05) is 12.0 Å². The van der Waals surface area contributed by atoms with Gasteiger partial charge in [-0.15, -0.1) is 0 Å². The molecule has 160 valence electrons. The molecule has 0 fully saturated rings. The lowest BCUT2D eigenvalue weighted by Crippen LogP contribution is -2.24. The second-order valence-electron chi connectivity index (χ2n) is 9.02. The fourth-order valence-electron chi connectivity index (χ4n) is 3.28. The molecule has 0 saturated carbocycles. The Kier molecular flexibility index (Phi) is 6.16. The van der Waals surface area contributed by atoms with Gasteiger partial charge in [0.1, 0.15) is 12.2 Å². The predicted molar refractivity (Wildman–Crippen MR) is 118 cm³/mol. The van der Waals surface area contributed by atoms with E-state index in [2.05, 4.69) is 37.3 Å². The fraction of sp³-hybridized carbons (Fsp3) is 0.417. The summed E-state index contributed by atoms with van der Waals surface area (Å²) in [6.07, 6.45) is 0.837. The van der Waals surface area contributed by atoms with Gasteiger partial charge in [-0.1, -0.05) is 56.9 Å². The standard InChI is InChI=1S/C24H29NO4S/c1-23(2,3)19-11-13-20(14-12-19)30(26,27)25-15-6-7-16-28-21-10-8-9-18-17-24(4,5)29-22(18)21/h8-14,25H,15-17H2,1-5H3. The van der Waals surface area contributed by atoms with Gasteiger partial charge in [-0.25, -0.2) is 8.42 Å². The summed E-state index contributed by atoms with van der Waals surface area (Å²) >= 11 is 0. The SMILES string of the molecule is CC1(C)Cc2cccc(OCC#CCNS(=O)(=O)c3ccc(C(C)(C)C)cc3)c2O1. The van der Waals surface area contributed by atoms with Crippen molar-refractivity contribution in [2.24, 2.45) is 0 Å². The van der Waals surface area contributed by atoms with Crippen molar-refractivity contribution in [2.75, 3.05) is 13.2 Å². The summed E-state index contributed by atoms with van der Waals surface area (Å²) in [4.78, 5) is 0.230. The maximum atomic E-state index is 12.4. The number of hydrogen-bond donors (Lipinski definition) is 1. The number of sulfonamides is 1. The molecule has 0 spiro atoms. The summed E-state index contributed by atoms with van der Waals surface area (Å²) in [7, 11) is -3.60. The minimum atomic E-state index is -3.60. The molecule has 0 radical (unpaired) electrons. The van der Waals surface area contributed by atoms with Crippen LogP contribution in [0.15, 0.2) is 47.4 Å². The highest BCUT2D eigenvalue weighted by atomic mass is 32.2. The van der Waals surface area contributed by atoms with Gasteiger partial charge in [-0.05, 0) is 43.0 Å². The van der Waals surface area contributed by atoms with E-state index in [-0.39, 0.29) is 29.1 Å². The minimum absolute atomic E-state index is 0.0170. The zero-order valence-electron chi connectivity index (χ0n) is 18.2. The molecule has 30 heavy (non-hydrogen) atoms. The van der Waals surface area contributed by atoms with Crippen molar-refractivity contribution in [3.8, 4) is 23.3 Å². The Hall–Kier alpha value is -2.49. The van der Waals surface area contributed by atoms with Gasteiger partial charge in [0.05, 0.1) is 11.4 Å². The van der Waals surface area contributed by atoms with E-state index >= 15 is 0 Å². The second-order valence-corrected chi connectivity index (χ2v) is 10.8. The molecule has 5 nitrogen and oxygen atoms in total. The molecule has 0 aliphatic carbocycles. The van der Waals surface area contributed by atoms with E-state index in [0.717, 1.165) is 23.3 Å². The van der Waals surface area contributed by atoms with Crippen molar-refractivity contribution in [1.82, 2.24) is 4.72 Å². The third-order valence-electron chi connectivity index (χ3n) is 4.86. The summed E-state index contributed by atoms with van der Waals surface area (Å²) in [5.74, 6) is 7.07. The second kappa shape index (κ2) is 8.33. The van der Waals surface area contributed by atoms with Crippen LogP contribution >= 0.6 is 0 Å². The van der Waals surface area contributed by atoms with Crippen LogP contribution in [0.5, 0.6) is 11.5 Å². The molecule has 0 saturated heterocycles. The van der Waals surface area contributed by atoms with Crippen LogP contribution in [0.3, 0.4) is 0 Å².